The molecule has 1 aliphatic heterocycles. The number of hydrogen-bond acceptors (Lipinski definition) is 4. The number of carbonyl (C=O) groups is 2. The number of benzene rings is 1. The second-order valence-electron chi connectivity index (χ2n) is 7.10. The molecule has 6 nitrogen and oxygen atoms in total. The molecule has 28 heavy (non-hydrogen) atoms. The summed E-state index contributed by atoms with van der Waals surface area (Å²) in [6.07, 6.45) is 4.50. The lowest BCUT2D eigenvalue weighted by Gasteiger charge is -2.24. The van der Waals surface area contributed by atoms with Gasteiger partial charge in [0.15, 0.2) is 0 Å². The van der Waals surface area contributed by atoms with Crippen molar-refractivity contribution in [2.75, 3.05) is 32.7 Å². The van der Waals surface area contributed by atoms with Crippen LogP contribution in [0.4, 0.5) is 0 Å². The number of hydrogen-bond donors (Lipinski definition) is 1. The minimum Gasteiger partial charge on any atom is -0.341 e. The van der Waals surface area contributed by atoms with Crippen LogP contribution in [0, 0.1) is 5.92 Å². The van der Waals surface area contributed by atoms with Gasteiger partial charge in [0.05, 0.1) is 5.92 Å². The molecule has 0 radical (unpaired) electrons. The first-order valence-corrected chi connectivity index (χ1v) is 9.89. The van der Waals surface area contributed by atoms with Gasteiger partial charge in [-0.25, -0.2) is 0 Å². The lowest BCUT2D eigenvalue weighted by Crippen LogP contribution is -2.38. The van der Waals surface area contributed by atoms with Gasteiger partial charge in [-0.05, 0) is 30.5 Å². The Kier molecular flexibility index (Phi) is 6.76. The first-order valence-electron chi connectivity index (χ1n) is 9.89. The van der Waals surface area contributed by atoms with Gasteiger partial charge >= 0.3 is 0 Å². The van der Waals surface area contributed by atoms with Crippen LogP contribution in [0.15, 0.2) is 48.8 Å². The Labute approximate surface area is 166 Å². The first kappa shape index (κ1) is 20.0. The molecule has 2 heterocycles. The van der Waals surface area contributed by atoms with E-state index < -0.39 is 0 Å². The number of likely N-dealkylation sites (N-methyl/N-ethyl adjacent to an activating group) is 1. The molecule has 148 valence electrons. The highest BCUT2D eigenvalue weighted by Crippen LogP contribution is 2.26. The molecule has 0 bridgehead atoms. The fraction of sp³-hybridized carbons (Fsp3) is 0.409. The quantitative estimate of drug-likeness (QED) is 0.831. The molecule has 0 saturated carbocycles. The Balaban J connectivity index is 1.88. The summed E-state index contributed by atoms with van der Waals surface area (Å²) >= 11 is 0. The molecule has 1 atom stereocenters. The van der Waals surface area contributed by atoms with Gasteiger partial charge in [0.2, 0.25) is 11.8 Å². The van der Waals surface area contributed by atoms with Gasteiger partial charge in [-0.1, -0.05) is 30.3 Å². The third-order valence-corrected chi connectivity index (χ3v) is 5.29. The standard InChI is InChI=1S/C22H28N4O2/c1-2-25-12-13-26(21(27)9-10-23)16-19(22(25)28)14-17-6-3-4-8-20(17)18-7-5-11-24-15-18/h3-8,11,15,19H,2,9-10,12-14,16,23H2,1H3. The van der Waals surface area contributed by atoms with E-state index in [-0.39, 0.29) is 17.7 Å². The van der Waals surface area contributed by atoms with E-state index in [1.54, 1.807) is 11.1 Å². The van der Waals surface area contributed by atoms with Crippen LogP contribution >= 0.6 is 0 Å². The van der Waals surface area contributed by atoms with Gasteiger partial charge in [0.1, 0.15) is 0 Å². The van der Waals surface area contributed by atoms with Crippen molar-refractivity contribution in [1.29, 1.82) is 0 Å². The lowest BCUT2D eigenvalue weighted by atomic mass is 9.91. The molecule has 1 unspecified atom stereocenters. The van der Waals surface area contributed by atoms with Crippen molar-refractivity contribution < 1.29 is 9.59 Å². The van der Waals surface area contributed by atoms with E-state index in [1.165, 1.54) is 0 Å². The summed E-state index contributed by atoms with van der Waals surface area (Å²) in [6.45, 7) is 4.55. The number of pyridine rings is 1. The molecule has 1 fully saturated rings. The highest BCUT2D eigenvalue weighted by molar-refractivity contribution is 5.83. The van der Waals surface area contributed by atoms with Crippen molar-refractivity contribution in [2.24, 2.45) is 11.7 Å². The second kappa shape index (κ2) is 9.46. The Hall–Kier alpha value is -2.73. The number of nitrogens with zero attached hydrogens (tertiary/aromatic N) is 3. The average molecular weight is 380 g/mol. The second-order valence-corrected chi connectivity index (χ2v) is 7.10. The Morgan fingerprint density at radius 2 is 2.04 bits per heavy atom. The largest absolute Gasteiger partial charge is 0.341 e. The maximum absolute atomic E-state index is 13.1. The van der Waals surface area contributed by atoms with E-state index in [0.717, 1.165) is 16.7 Å². The number of aromatic nitrogens is 1. The summed E-state index contributed by atoms with van der Waals surface area (Å²) in [7, 11) is 0. The minimum atomic E-state index is -0.262. The van der Waals surface area contributed by atoms with Crippen molar-refractivity contribution in [2.45, 2.75) is 19.8 Å². The average Bonchev–Trinajstić information content (AvgIpc) is 2.88. The van der Waals surface area contributed by atoms with E-state index >= 15 is 0 Å². The van der Waals surface area contributed by atoms with Crippen LogP contribution in [0.25, 0.3) is 11.1 Å². The molecular formula is C22H28N4O2. The molecule has 2 N–H and O–H groups in total. The Morgan fingerprint density at radius 1 is 1.21 bits per heavy atom. The van der Waals surface area contributed by atoms with Crippen molar-refractivity contribution in [3.63, 3.8) is 0 Å². The fourth-order valence-electron chi connectivity index (χ4n) is 3.79. The number of nitrogens with two attached hydrogens (primary N) is 1. The van der Waals surface area contributed by atoms with E-state index in [2.05, 4.69) is 17.1 Å². The van der Waals surface area contributed by atoms with Gasteiger partial charge in [-0.15, -0.1) is 0 Å². The SMILES string of the molecule is CCN1CCN(C(=O)CCN)CC(Cc2ccccc2-c2cccnc2)C1=O. The third kappa shape index (κ3) is 4.57. The molecule has 0 spiro atoms. The zero-order chi connectivity index (χ0) is 19.9. The minimum absolute atomic E-state index is 0.0267. The van der Waals surface area contributed by atoms with Gasteiger partial charge in [0, 0.05) is 57.1 Å². The number of amides is 2. The van der Waals surface area contributed by atoms with E-state index in [4.69, 9.17) is 5.73 Å². The number of carbonyl (C=O) groups excluding carboxylic acids is 2. The van der Waals surface area contributed by atoms with Crippen LogP contribution in [0.3, 0.4) is 0 Å². The lowest BCUT2D eigenvalue weighted by molar-refractivity contribution is -0.134. The molecule has 1 aromatic carbocycles. The van der Waals surface area contributed by atoms with Crippen LogP contribution in [0.5, 0.6) is 0 Å². The highest BCUT2D eigenvalue weighted by atomic mass is 16.2. The first-order chi connectivity index (χ1) is 13.6. The van der Waals surface area contributed by atoms with Gasteiger partial charge in [-0.3, -0.25) is 14.6 Å². The summed E-state index contributed by atoms with van der Waals surface area (Å²) in [5.74, 6) is -0.118. The predicted octanol–water partition coefficient (Wildman–Crippen LogP) is 1.95. The molecule has 0 aliphatic carbocycles. The molecule has 2 aromatic rings. The summed E-state index contributed by atoms with van der Waals surface area (Å²) < 4.78 is 0. The summed E-state index contributed by atoms with van der Waals surface area (Å²) in [5.41, 5.74) is 8.77. The summed E-state index contributed by atoms with van der Waals surface area (Å²) in [6, 6.07) is 12.0. The molecular weight excluding hydrogens is 352 g/mol. The van der Waals surface area contributed by atoms with Gasteiger partial charge in [0.25, 0.3) is 0 Å². The van der Waals surface area contributed by atoms with Crippen LogP contribution in [0.2, 0.25) is 0 Å². The van der Waals surface area contributed by atoms with E-state index in [9.17, 15) is 9.59 Å². The van der Waals surface area contributed by atoms with Crippen LogP contribution in [0.1, 0.15) is 18.9 Å². The molecule has 2 amide bonds. The van der Waals surface area contributed by atoms with Crippen LogP contribution < -0.4 is 5.73 Å². The van der Waals surface area contributed by atoms with Crippen molar-refractivity contribution in [3.8, 4) is 11.1 Å². The predicted molar refractivity (Wildman–Crippen MR) is 109 cm³/mol. The van der Waals surface area contributed by atoms with Crippen molar-refractivity contribution >= 4 is 11.8 Å². The Bertz CT molecular complexity index is 809. The fourth-order valence-corrected chi connectivity index (χ4v) is 3.79. The zero-order valence-electron chi connectivity index (χ0n) is 16.4. The normalized spacial score (nSPS) is 17.5. The third-order valence-electron chi connectivity index (χ3n) is 5.29. The molecule has 3 rings (SSSR count). The van der Waals surface area contributed by atoms with Gasteiger partial charge in [-0.2, -0.15) is 0 Å². The Morgan fingerprint density at radius 3 is 2.75 bits per heavy atom. The van der Waals surface area contributed by atoms with Crippen molar-refractivity contribution in [1.82, 2.24) is 14.8 Å². The molecule has 1 saturated heterocycles. The topological polar surface area (TPSA) is 79.5 Å². The number of rotatable bonds is 6. The molecule has 1 aromatic heterocycles. The molecule has 6 heteroatoms. The van der Waals surface area contributed by atoms with Crippen LogP contribution in [-0.2, 0) is 16.0 Å². The van der Waals surface area contributed by atoms with Crippen molar-refractivity contribution in [3.05, 3.63) is 54.4 Å². The maximum Gasteiger partial charge on any atom is 0.227 e. The van der Waals surface area contributed by atoms with Crippen LogP contribution in [-0.4, -0.2) is 59.3 Å². The van der Waals surface area contributed by atoms with E-state index in [1.807, 2.05) is 42.3 Å². The molecule has 1 aliphatic rings. The smallest absolute Gasteiger partial charge is 0.227 e. The maximum atomic E-state index is 13.1. The monoisotopic (exact) mass is 380 g/mol. The van der Waals surface area contributed by atoms with Gasteiger partial charge < -0.3 is 15.5 Å². The van der Waals surface area contributed by atoms with E-state index in [0.29, 0.717) is 45.6 Å². The zero-order valence-corrected chi connectivity index (χ0v) is 16.4. The highest BCUT2D eigenvalue weighted by Gasteiger charge is 2.31. The summed E-state index contributed by atoms with van der Waals surface area (Å²) in [5, 5.41) is 0. The summed E-state index contributed by atoms with van der Waals surface area (Å²) in [4.78, 5) is 33.4.